The molecular formula is C17H31N. The largest absolute Gasteiger partial charge is 0.330 e. The van der Waals surface area contributed by atoms with Crippen LogP contribution in [0.15, 0.2) is 30.3 Å². The third-order valence-electron chi connectivity index (χ3n) is 3.00. The van der Waals surface area contributed by atoms with Crippen molar-refractivity contribution >= 4 is 0 Å². The first-order valence-corrected chi connectivity index (χ1v) is 7.53. The average molecular weight is 249 g/mol. The van der Waals surface area contributed by atoms with E-state index in [9.17, 15) is 0 Å². The second-order valence-electron chi connectivity index (χ2n) is 4.92. The van der Waals surface area contributed by atoms with Crippen LogP contribution in [0.3, 0.4) is 0 Å². The minimum atomic E-state index is 0.870. The van der Waals surface area contributed by atoms with Crippen LogP contribution in [-0.2, 0) is 0 Å². The number of hydrogen-bond acceptors (Lipinski definition) is 1. The Morgan fingerprint density at radius 3 is 1.67 bits per heavy atom. The van der Waals surface area contributed by atoms with E-state index in [1.54, 1.807) is 0 Å². The van der Waals surface area contributed by atoms with Crippen molar-refractivity contribution in [1.82, 2.24) is 0 Å². The number of benzene rings is 1. The van der Waals surface area contributed by atoms with E-state index in [0.29, 0.717) is 0 Å². The van der Waals surface area contributed by atoms with Gasteiger partial charge in [0.15, 0.2) is 0 Å². The Balaban J connectivity index is 0.000000351. The van der Waals surface area contributed by atoms with Crippen LogP contribution in [0.25, 0.3) is 0 Å². The van der Waals surface area contributed by atoms with E-state index >= 15 is 0 Å². The van der Waals surface area contributed by atoms with Crippen LogP contribution >= 0.6 is 0 Å². The van der Waals surface area contributed by atoms with E-state index in [4.69, 9.17) is 5.73 Å². The fourth-order valence-electron chi connectivity index (χ4n) is 1.81. The van der Waals surface area contributed by atoms with Gasteiger partial charge in [-0.3, -0.25) is 0 Å². The van der Waals surface area contributed by atoms with Gasteiger partial charge in [-0.1, -0.05) is 87.8 Å². The third kappa shape index (κ3) is 13.2. The highest BCUT2D eigenvalue weighted by Gasteiger charge is 1.89. The highest BCUT2D eigenvalue weighted by Crippen LogP contribution is 2.07. The van der Waals surface area contributed by atoms with Gasteiger partial charge >= 0.3 is 0 Å². The van der Waals surface area contributed by atoms with Crippen molar-refractivity contribution in [3.05, 3.63) is 35.9 Å². The number of aryl methyl sites for hydroxylation is 1. The highest BCUT2D eigenvalue weighted by molar-refractivity contribution is 5.11. The molecule has 2 N–H and O–H groups in total. The van der Waals surface area contributed by atoms with Crippen LogP contribution in [-0.4, -0.2) is 6.54 Å². The van der Waals surface area contributed by atoms with E-state index in [1.807, 2.05) is 18.2 Å². The zero-order chi connectivity index (χ0) is 13.5. The Bertz CT molecular complexity index is 235. The number of unbranched alkanes of at least 4 members (excludes halogenated alkanes) is 7. The molecule has 1 nitrogen and oxygen atoms in total. The summed E-state index contributed by atoms with van der Waals surface area (Å²) in [5.41, 5.74) is 6.71. The van der Waals surface area contributed by atoms with Gasteiger partial charge < -0.3 is 5.73 Å². The van der Waals surface area contributed by atoms with Crippen molar-refractivity contribution in [2.45, 2.75) is 65.2 Å². The first-order valence-electron chi connectivity index (χ1n) is 7.53. The molecule has 0 aliphatic heterocycles. The van der Waals surface area contributed by atoms with Crippen LogP contribution in [0, 0.1) is 6.92 Å². The molecular weight excluding hydrogens is 218 g/mol. The molecule has 0 aromatic heterocycles. The lowest BCUT2D eigenvalue weighted by molar-refractivity contribution is 0.578. The van der Waals surface area contributed by atoms with Crippen molar-refractivity contribution in [3.8, 4) is 0 Å². The van der Waals surface area contributed by atoms with Gasteiger partial charge in [-0.05, 0) is 19.9 Å². The quantitative estimate of drug-likeness (QED) is 0.639. The van der Waals surface area contributed by atoms with Gasteiger partial charge in [0, 0.05) is 0 Å². The molecule has 0 unspecified atom stereocenters. The van der Waals surface area contributed by atoms with Gasteiger partial charge in [0.2, 0.25) is 0 Å². The summed E-state index contributed by atoms with van der Waals surface area (Å²) in [7, 11) is 0. The molecule has 0 fully saturated rings. The molecule has 0 bridgehead atoms. The number of hydrogen-bond donors (Lipinski definition) is 1. The first kappa shape index (κ1) is 17.2. The van der Waals surface area contributed by atoms with Crippen LogP contribution in [0.4, 0.5) is 0 Å². The maximum Gasteiger partial charge on any atom is -0.00773 e. The third-order valence-corrected chi connectivity index (χ3v) is 3.00. The summed E-state index contributed by atoms with van der Waals surface area (Å²) in [6.07, 6.45) is 11.0. The lowest BCUT2D eigenvalue weighted by atomic mass is 10.1. The van der Waals surface area contributed by atoms with Crippen molar-refractivity contribution < 1.29 is 0 Å². The zero-order valence-corrected chi connectivity index (χ0v) is 12.3. The average Bonchev–Trinajstić information content (AvgIpc) is 2.39. The lowest BCUT2D eigenvalue weighted by Crippen LogP contribution is -1.97. The van der Waals surface area contributed by atoms with Crippen molar-refractivity contribution in [3.63, 3.8) is 0 Å². The molecule has 0 saturated carbocycles. The molecule has 1 aromatic rings. The van der Waals surface area contributed by atoms with Crippen molar-refractivity contribution in [2.75, 3.05) is 6.54 Å². The number of nitrogens with two attached hydrogens (primary N) is 1. The Morgan fingerprint density at radius 1 is 0.778 bits per heavy atom. The summed E-state index contributed by atoms with van der Waals surface area (Å²) in [5.74, 6) is 0. The highest BCUT2D eigenvalue weighted by atomic mass is 14.5. The van der Waals surface area contributed by atoms with Crippen LogP contribution in [0.5, 0.6) is 0 Å². The van der Waals surface area contributed by atoms with Crippen molar-refractivity contribution in [1.29, 1.82) is 0 Å². The zero-order valence-electron chi connectivity index (χ0n) is 12.3. The van der Waals surface area contributed by atoms with Crippen molar-refractivity contribution in [2.24, 2.45) is 5.73 Å². The van der Waals surface area contributed by atoms with E-state index in [-0.39, 0.29) is 0 Å². The monoisotopic (exact) mass is 249 g/mol. The smallest absolute Gasteiger partial charge is 0.00773 e. The van der Waals surface area contributed by atoms with Gasteiger partial charge in [0.05, 0.1) is 0 Å². The molecule has 0 aliphatic carbocycles. The van der Waals surface area contributed by atoms with Crippen LogP contribution in [0.1, 0.15) is 63.9 Å². The molecule has 18 heavy (non-hydrogen) atoms. The fraction of sp³-hybridized carbons (Fsp3) is 0.647. The predicted octanol–water partition coefficient (Wildman–Crippen LogP) is 5.08. The second-order valence-corrected chi connectivity index (χ2v) is 4.92. The standard InChI is InChI=1S/C10H23N.C7H8/c1-2-3-4-5-6-7-8-9-10-11;1-7-5-3-2-4-6-7/h2-11H2,1H3;2-6H,1H3. The predicted molar refractivity (Wildman–Crippen MR) is 82.8 cm³/mol. The van der Waals surface area contributed by atoms with Gasteiger partial charge in [-0.2, -0.15) is 0 Å². The Kier molecular flexibility index (Phi) is 13.6. The molecule has 0 amide bonds. The van der Waals surface area contributed by atoms with Gasteiger partial charge in [0.1, 0.15) is 0 Å². The molecule has 1 aromatic carbocycles. The number of rotatable bonds is 8. The van der Waals surface area contributed by atoms with Crippen LogP contribution < -0.4 is 5.73 Å². The van der Waals surface area contributed by atoms with E-state index < -0.39 is 0 Å². The van der Waals surface area contributed by atoms with E-state index in [0.717, 1.165) is 6.54 Å². The molecule has 0 atom stereocenters. The summed E-state index contributed by atoms with van der Waals surface area (Å²) in [4.78, 5) is 0. The fourth-order valence-corrected chi connectivity index (χ4v) is 1.81. The SMILES string of the molecule is CCCCCCCCCCN.Cc1ccccc1. The molecule has 0 radical (unpaired) electrons. The summed E-state index contributed by atoms with van der Waals surface area (Å²) in [6.45, 7) is 5.21. The Morgan fingerprint density at radius 2 is 1.28 bits per heavy atom. The minimum Gasteiger partial charge on any atom is -0.330 e. The van der Waals surface area contributed by atoms with Gasteiger partial charge in [-0.25, -0.2) is 0 Å². The molecule has 0 saturated heterocycles. The topological polar surface area (TPSA) is 26.0 Å². The summed E-state index contributed by atoms with van der Waals surface area (Å²) in [6, 6.07) is 10.3. The van der Waals surface area contributed by atoms with E-state index in [1.165, 1.54) is 56.9 Å². The normalized spacial score (nSPS) is 9.72. The second kappa shape index (κ2) is 14.2. The summed E-state index contributed by atoms with van der Waals surface area (Å²) < 4.78 is 0. The summed E-state index contributed by atoms with van der Waals surface area (Å²) in [5, 5.41) is 0. The van der Waals surface area contributed by atoms with E-state index in [2.05, 4.69) is 26.0 Å². The molecule has 0 aliphatic rings. The Hall–Kier alpha value is -0.820. The molecule has 1 heteroatoms. The molecule has 1 rings (SSSR count). The molecule has 104 valence electrons. The summed E-state index contributed by atoms with van der Waals surface area (Å²) >= 11 is 0. The minimum absolute atomic E-state index is 0.870. The van der Waals surface area contributed by atoms with Gasteiger partial charge in [-0.15, -0.1) is 0 Å². The molecule has 0 spiro atoms. The maximum atomic E-state index is 5.39. The van der Waals surface area contributed by atoms with Gasteiger partial charge in [0.25, 0.3) is 0 Å². The maximum absolute atomic E-state index is 5.39. The first-order chi connectivity index (χ1) is 8.81. The Labute approximate surface area is 114 Å². The molecule has 0 heterocycles. The van der Waals surface area contributed by atoms with Crippen LogP contribution in [0.2, 0.25) is 0 Å². The lowest BCUT2D eigenvalue weighted by Gasteiger charge is -1.99.